The van der Waals surface area contributed by atoms with E-state index < -0.39 is 130 Å². The maximum Gasteiger partial charge on any atom is 0.217 e. The van der Waals surface area contributed by atoms with Crippen LogP contribution in [0.25, 0.3) is 0 Å². The molecule has 55 heavy (non-hydrogen) atoms. The average Bonchev–Trinajstić information content (AvgIpc) is 3.17. The van der Waals surface area contributed by atoms with Gasteiger partial charge in [-0.3, -0.25) is 4.79 Å². The summed E-state index contributed by atoms with van der Waals surface area (Å²) < 4.78 is 33.5. The summed E-state index contributed by atoms with van der Waals surface area (Å²) in [6.07, 6.45) is -13.5. The van der Waals surface area contributed by atoms with Gasteiger partial charge in [0.15, 0.2) is 18.9 Å². The molecule has 19 heteroatoms. The van der Waals surface area contributed by atoms with Gasteiger partial charge in [0.2, 0.25) is 5.91 Å². The van der Waals surface area contributed by atoms with Crippen LogP contribution in [-0.2, 0) is 33.2 Å². The molecule has 3 fully saturated rings. The lowest BCUT2D eigenvalue weighted by Gasteiger charge is -2.48. The van der Waals surface area contributed by atoms with Gasteiger partial charge in [-0.25, -0.2) is 0 Å². The number of unbranched alkanes of at least 4 members (excludes halogenated alkanes) is 10. The maximum absolute atomic E-state index is 11.9. The van der Waals surface area contributed by atoms with E-state index in [4.69, 9.17) is 28.4 Å². The third-order valence-corrected chi connectivity index (χ3v) is 10.5. The Bertz CT molecular complexity index is 1060. The van der Waals surface area contributed by atoms with E-state index in [1.165, 1.54) is 51.9 Å². The zero-order valence-electron chi connectivity index (χ0n) is 31.9. The highest BCUT2D eigenvalue weighted by atomic mass is 16.8. The minimum atomic E-state index is -1.96. The highest BCUT2D eigenvalue weighted by molar-refractivity contribution is 5.73. The first-order chi connectivity index (χ1) is 26.3. The van der Waals surface area contributed by atoms with E-state index in [0.717, 1.165) is 25.7 Å². The second-order valence-corrected chi connectivity index (χ2v) is 14.8. The highest BCUT2D eigenvalue weighted by Gasteiger charge is 2.53. The molecule has 12 N–H and O–H groups in total. The van der Waals surface area contributed by atoms with Gasteiger partial charge in [-0.15, -0.1) is 0 Å². The molecule has 3 aliphatic rings. The molecule has 0 aromatic rings. The number of aliphatic hydroxyl groups excluding tert-OH is 11. The van der Waals surface area contributed by atoms with Crippen molar-refractivity contribution in [3.05, 3.63) is 0 Å². The molecule has 0 aromatic heterocycles. The Morgan fingerprint density at radius 3 is 1.47 bits per heavy atom. The van der Waals surface area contributed by atoms with Gasteiger partial charge in [0, 0.05) is 6.92 Å². The third kappa shape index (κ3) is 14.0. The third-order valence-electron chi connectivity index (χ3n) is 10.5. The van der Waals surface area contributed by atoms with Gasteiger partial charge in [-0.05, 0) is 6.42 Å². The minimum Gasteiger partial charge on any atom is -0.394 e. The smallest absolute Gasteiger partial charge is 0.217 e. The van der Waals surface area contributed by atoms with Crippen molar-refractivity contribution in [3.8, 4) is 0 Å². The molecule has 324 valence electrons. The molecule has 0 aromatic carbocycles. The summed E-state index contributed by atoms with van der Waals surface area (Å²) in [6.45, 7) is 0.766. The molecule has 17 atom stereocenters. The molecular weight excluding hydrogens is 734 g/mol. The van der Waals surface area contributed by atoms with Crippen LogP contribution >= 0.6 is 0 Å². The number of aliphatic hydroxyl groups is 11. The van der Waals surface area contributed by atoms with Gasteiger partial charge in [0.05, 0.1) is 38.6 Å². The minimum absolute atomic E-state index is 0.318. The van der Waals surface area contributed by atoms with Gasteiger partial charge in [0.1, 0.15) is 73.2 Å². The van der Waals surface area contributed by atoms with Crippen LogP contribution in [0.1, 0.15) is 90.9 Å². The molecule has 0 spiro atoms. The summed E-state index contributed by atoms with van der Waals surface area (Å²) in [4.78, 5) is 11.9. The number of hydrogen-bond donors (Lipinski definition) is 12. The number of rotatable bonds is 24. The lowest BCUT2D eigenvalue weighted by atomic mass is 9.96. The molecule has 0 saturated carbocycles. The molecule has 0 bridgehead atoms. The summed E-state index contributed by atoms with van der Waals surface area (Å²) in [5.74, 6) is -0.423. The van der Waals surface area contributed by atoms with E-state index in [1.54, 1.807) is 0 Å². The number of nitrogens with one attached hydrogen (secondary N) is 1. The van der Waals surface area contributed by atoms with Crippen LogP contribution in [0.15, 0.2) is 0 Å². The summed E-state index contributed by atoms with van der Waals surface area (Å²) in [5, 5.41) is 117. The predicted molar refractivity (Wildman–Crippen MR) is 190 cm³/mol. The van der Waals surface area contributed by atoms with Crippen LogP contribution in [0.4, 0.5) is 0 Å². The van der Waals surface area contributed by atoms with Gasteiger partial charge in [0.25, 0.3) is 0 Å². The van der Waals surface area contributed by atoms with Crippen molar-refractivity contribution in [1.29, 1.82) is 0 Å². The Labute approximate surface area is 322 Å². The first-order valence-electron chi connectivity index (χ1n) is 19.7. The molecule has 3 saturated heterocycles. The summed E-state index contributed by atoms with van der Waals surface area (Å²) in [5.41, 5.74) is 0. The van der Waals surface area contributed by atoms with Gasteiger partial charge in [-0.1, -0.05) is 77.6 Å². The summed E-state index contributed by atoms with van der Waals surface area (Å²) in [7, 11) is 0. The Balaban J connectivity index is 1.53. The van der Waals surface area contributed by atoms with Crippen molar-refractivity contribution in [3.63, 3.8) is 0 Å². The average molecular weight is 802 g/mol. The number of carbonyl (C=O) groups is 1. The van der Waals surface area contributed by atoms with E-state index in [0.29, 0.717) is 6.42 Å². The normalized spacial score (nSPS) is 38.1. The first kappa shape index (κ1) is 48.2. The van der Waals surface area contributed by atoms with Crippen LogP contribution in [0.3, 0.4) is 0 Å². The number of carbonyl (C=O) groups excluding carboxylic acids is 1. The fraction of sp³-hybridized carbons (Fsp3) is 0.972. The summed E-state index contributed by atoms with van der Waals surface area (Å²) >= 11 is 0. The van der Waals surface area contributed by atoms with E-state index in [-0.39, 0.29) is 6.61 Å². The van der Waals surface area contributed by atoms with Crippen molar-refractivity contribution in [2.45, 2.75) is 195 Å². The Hall–Kier alpha value is -1.21. The maximum atomic E-state index is 11.9. The lowest BCUT2D eigenvalue weighted by Crippen LogP contribution is -2.66. The van der Waals surface area contributed by atoms with Crippen molar-refractivity contribution in [1.82, 2.24) is 5.32 Å². The van der Waals surface area contributed by atoms with E-state index in [2.05, 4.69) is 12.2 Å². The van der Waals surface area contributed by atoms with Gasteiger partial charge >= 0.3 is 0 Å². The van der Waals surface area contributed by atoms with Crippen LogP contribution < -0.4 is 5.32 Å². The van der Waals surface area contributed by atoms with Crippen LogP contribution in [0, 0.1) is 0 Å². The predicted octanol–water partition coefficient (Wildman–Crippen LogP) is -2.98. The van der Waals surface area contributed by atoms with Gasteiger partial charge < -0.3 is 89.9 Å². The fourth-order valence-corrected chi connectivity index (χ4v) is 7.11. The SMILES string of the molecule is CCCCCCCCCCCCCC(O)C(COC1OC(CO)C(OC2OC(CO)C(OC3OC(CO)C(O)C(O)C3O)C(O)C2O)C(O)C1O)NC(C)=O. The molecule has 3 aliphatic heterocycles. The van der Waals surface area contributed by atoms with E-state index in [9.17, 15) is 61.0 Å². The molecule has 3 rings (SSSR count). The van der Waals surface area contributed by atoms with Crippen molar-refractivity contribution in [2.24, 2.45) is 0 Å². The lowest BCUT2D eigenvalue weighted by molar-refractivity contribution is -0.379. The van der Waals surface area contributed by atoms with E-state index in [1.807, 2.05) is 0 Å². The molecule has 19 nitrogen and oxygen atoms in total. The van der Waals surface area contributed by atoms with Crippen molar-refractivity contribution in [2.75, 3.05) is 26.4 Å². The Morgan fingerprint density at radius 2 is 1.00 bits per heavy atom. The highest BCUT2D eigenvalue weighted by Crippen LogP contribution is 2.33. The molecular formula is C36H67NO18. The molecule has 3 heterocycles. The van der Waals surface area contributed by atoms with Crippen molar-refractivity contribution >= 4 is 5.91 Å². The second-order valence-electron chi connectivity index (χ2n) is 14.8. The monoisotopic (exact) mass is 801 g/mol. The number of amides is 1. The van der Waals surface area contributed by atoms with Crippen LogP contribution in [0.2, 0.25) is 0 Å². The first-order valence-corrected chi connectivity index (χ1v) is 19.7. The van der Waals surface area contributed by atoms with E-state index >= 15 is 0 Å². The Morgan fingerprint density at radius 1 is 0.582 bits per heavy atom. The standard InChI is InChI=1S/C36H67NO18/c1-3-4-5-6-7-8-9-10-11-12-13-14-21(42)20(37-19(2)41)18-50-34-30(48)27(45)32(23(16-39)52-34)55-36-31(49)28(46)33(24(17-40)53-36)54-35-29(47)26(44)25(43)22(15-38)51-35/h20-36,38-40,42-49H,3-18H2,1-2H3,(H,37,41). The largest absolute Gasteiger partial charge is 0.394 e. The quantitative estimate of drug-likeness (QED) is 0.0434. The molecule has 0 radical (unpaired) electrons. The number of ether oxygens (including phenoxy) is 6. The molecule has 17 unspecified atom stereocenters. The fourth-order valence-electron chi connectivity index (χ4n) is 7.11. The van der Waals surface area contributed by atoms with Crippen LogP contribution in [-0.4, -0.2) is 193 Å². The van der Waals surface area contributed by atoms with Gasteiger partial charge in [-0.2, -0.15) is 0 Å². The second kappa shape index (κ2) is 24.7. The van der Waals surface area contributed by atoms with Crippen LogP contribution in [0.5, 0.6) is 0 Å². The number of hydrogen-bond acceptors (Lipinski definition) is 18. The zero-order valence-corrected chi connectivity index (χ0v) is 31.9. The topological polar surface area (TPSA) is 307 Å². The molecule has 0 aliphatic carbocycles. The molecule has 1 amide bonds. The Kier molecular flexibility index (Phi) is 21.6. The van der Waals surface area contributed by atoms with Crippen molar-refractivity contribution < 1.29 is 89.4 Å². The zero-order chi connectivity index (χ0) is 40.7. The summed E-state index contributed by atoms with van der Waals surface area (Å²) in [6, 6.07) is -0.879.